The summed E-state index contributed by atoms with van der Waals surface area (Å²) in [5.74, 6) is 0.463. The molecule has 1 atom stereocenters. The third-order valence-electron chi connectivity index (χ3n) is 5.94. The molecule has 0 saturated heterocycles. The average Bonchev–Trinajstić information content (AvgIpc) is 3.01. The number of H-pyrrole nitrogens is 2. The van der Waals surface area contributed by atoms with Gasteiger partial charge in [-0.05, 0) is 43.4 Å². The number of hydrogen-bond donors (Lipinski definition) is 3. The molecule has 2 heterocycles. The molecule has 2 aromatic rings. The molecule has 1 aliphatic heterocycles. The van der Waals surface area contributed by atoms with Crippen molar-refractivity contribution >= 4 is 17.3 Å². The molecule has 1 aromatic heterocycles. The third-order valence-corrected chi connectivity index (χ3v) is 5.94. The van der Waals surface area contributed by atoms with Crippen molar-refractivity contribution in [2.75, 3.05) is 23.3 Å². The van der Waals surface area contributed by atoms with Crippen LogP contribution in [0, 0.1) is 5.41 Å². The van der Waals surface area contributed by atoms with Gasteiger partial charge in [0.05, 0.1) is 5.56 Å². The summed E-state index contributed by atoms with van der Waals surface area (Å²) in [6.45, 7) is 10.4. The monoisotopic (exact) mass is 380 g/mol. The number of hydrogen-bond acceptors (Lipinski definition) is 4. The second-order valence-corrected chi connectivity index (χ2v) is 8.52. The highest BCUT2D eigenvalue weighted by molar-refractivity contribution is 6.01. The number of fused-ring (bicyclic) bond motifs is 1. The Morgan fingerprint density at radius 3 is 2.36 bits per heavy atom. The van der Waals surface area contributed by atoms with E-state index in [0.29, 0.717) is 17.8 Å². The first-order chi connectivity index (χ1) is 13.3. The second kappa shape index (κ2) is 6.69. The van der Waals surface area contributed by atoms with E-state index < -0.39 is 0 Å². The smallest absolute Gasteiger partial charge is 0.270 e. The molecule has 0 spiro atoms. The molecular formula is C22H28N4O2. The topological polar surface area (TPSA) is 81.0 Å². The van der Waals surface area contributed by atoms with Crippen molar-refractivity contribution in [2.45, 2.75) is 46.5 Å². The van der Waals surface area contributed by atoms with Gasteiger partial charge in [0.1, 0.15) is 5.82 Å². The normalized spacial score (nSPS) is 20.4. The molecule has 1 aliphatic carbocycles. The van der Waals surface area contributed by atoms with E-state index in [1.54, 1.807) is 0 Å². The van der Waals surface area contributed by atoms with Crippen LogP contribution in [0.15, 0.2) is 40.3 Å². The van der Waals surface area contributed by atoms with Gasteiger partial charge in [0.15, 0.2) is 5.78 Å². The number of carbonyl (C=O) groups excluding carboxylic acids is 1. The number of rotatable bonds is 4. The first kappa shape index (κ1) is 18.6. The van der Waals surface area contributed by atoms with Crippen LogP contribution in [0.3, 0.4) is 0 Å². The van der Waals surface area contributed by atoms with Crippen LogP contribution < -0.4 is 15.8 Å². The number of ketones is 1. The van der Waals surface area contributed by atoms with E-state index in [1.165, 1.54) is 0 Å². The Morgan fingerprint density at radius 2 is 1.71 bits per heavy atom. The lowest BCUT2D eigenvalue weighted by Crippen LogP contribution is -2.35. The standard InChI is InChI=1S/C22H28N4O2/c1-5-26(6-2)14-9-7-13(8-10-14)17-18-15(11-22(3,4)12-16(18)27)23-20-19(17)21(28)25-24-20/h7-10,17H,5-6,11-12H2,1-4H3,(H3,23,24,25,28)/t17-/m1/s1. The Hall–Kier alpha value is -2.76. The predicted molar refractivity (Wildman–Crippen MR) is 112 cm³/mol. The second-order valence-electron chi connectivity index (χ2n) is 8.52. The van der Waals surface area contributed by atoms with Gasteiger partial charge >= 0.3 is 0 Å². The number of benzene rings is 1. The SMILES string of the molecule is CCN(CC)c1ccc([C@@H]2C3=C(CC(C)(C)CC3=O)Nc3[nH][nH]c(=O)c32)cc1. The molecule has 2 aliphatic rings. The van der Waals surface area contributed by atoms with Crippen LogP contribution >= 0.6 is 0 Å². The minimum Gasteiger partial charge on any atom is -0.372 e. The maximum atomic E-state index is 13.1. The lowest BCUT2D eigenvalue weighted by molar-refractivity contribution is -0.118. The lowest BCUT2D eigenvalue weighted by atomic mass is 9.69. The number of aromatic amines is 2. The van der Waals surface area contributed by atoms with Crippen LogP contribution in [0.4, 0.5) is 11.5 Å². The lowest BCUT2D eigenvalue weighted by Gasteiger charge is -2.38. The minimum atomic E-state index is -0.337. The van der Waals surface area contributed by atoms with Crippen molar-refractivity contribution in [1.82, 2.24) is 10.2 Å². The van der Waals surface area contributed by atoms with Crippen LogP contribution in [-0.4, -0.2) is 29.1 Å². The summed E-state index contributed by atoms with van der Waals surface area (Å²) in [4.78, 5) is 27.9. The number of allylic oxidation sites excluding steroid dienone is 2. The first-order valence-corrected chi connectivity index (χ1v) is 10.0. The van der Waals surface area contributed by atoms with Gasteiger partial charge in [-0.15, -0.1) is 0 Å². The molecule has 28 heavy (non-hydrogen) atoms. The van der Waals surface area contributed by atoms with E-state index >= 15 is 0 Å². The number of nitrogens with zero attached hydrogens (tertiary/aromatic N) is 1. The van der Waals surface area contributed by atoms with Crippen molar-refractivity contribution in [3.05, 3.63) is 57.0 Å². The van der Waals surface area contributed by atoms with Gasteiger partial charge in [-0.2, -0.15) is 0 Å². The van der Waals surface area contributed by atoms with Gasteiger partial charge < -0.3 is 10.2 Å². The van der Waals surface area contributed by atoms with E-state index in [-0.39, 0.29) is 22.7 Å². The zero-order valence-electron chi connectivity index (χ0n) is 17.0. The Morgan fingerprint density at radius 1 is 1.04 bits per heavy atom. The fourth-order valence-electron chi connectivity index (χ4n) is 4.62. The van der Waals surface area contributed by atoms with E-state index in [1.807, 2.05) is 0 Å². The van der Waals surface area contributed by atoms with Gasteiger partial charge in [-0.25, -0.2) is 0 Å². The molecule has 0 radical (unpaired) electrons. The summed E-state index contributed by atoms with van der Waals surface area (Å²) in [7, 11) is 0. The molecule has 0 amide bonds. The van der Waals surface area contributed by atoms with Crippen LogP contribution in [0.2, 0.25) is 0 Å². The first-order valence-electron chi connectivity index (χ1n) is 10.0. The van der Waals surface area contributed by atoms with Gasteiger partial charge in [0.2, 0.25) is 0 Å². The van der Waals surface area contributed by atoms with Gasteiger partial charge in [0.25, 0.3) is 5.56 Å². The Balaban J connectivity index is 1.83. The average molecular weight is 380 g/mol. The molecule has 6 nitrogen and oxygen atoms in total. The fourth-order valence-corrected chi connectivity index (χ4v) is 4.62. The molecule has 0 bridgehead atoms. The van der Waals surface area contributed by atoms with Gasteiger partial charge in [-0.3, -0.25) is 19.8 Å². The summed E-state index contributed by atoms with van der Waals surface area (Å²) in [5, 5.41) is 8.95. The van der Waals surface area contributed by atoms with Crippen molar-refractivity contribution < 1.29 is 4.79 Å². The molecule has 6 heteroatoms. The van der Waals surface area contributed by atoms with Crippen LogP contribution in [0.25, 0.3) is 0 Å². The molecule has 0 unspecified atom stereocenters. The van der Waals surface area contributed by atoms with E-state index in [4.69, 9.17) is 0 Å². The van der Waals surface area contributed by atoms with E-state index in [9.17, 15) is 9.59 Å². The molecule has 0 fully saturated rings. The zero-order valence-corrected chi connectivity index (χ0v) is 17.0. The van der Waals surface area contributed by atoms with Gasteiger partial charge in [-0.1, -0.05) is 26.0 Å². The quantitative estimate of drug-likeness (QED) is 0.755. The molecule has 1 aromatic carbocycles. The summed E-state index contributed by atoms with van der Waals surface area (Å²) >= 11 is 0. The van der Waals surface area contributed by atoms with Crippen molar-refractivity contribution in [3.63, 3.8) is 0 Å². The fraction of sp³-hybridized carbons (Fsp3) is 0.455. The van der Waals surface area contributed by atoms with Crippen molar-refractivity contribution in [1.29, 1.82) is 0 Å². The largest absolute Gasteiger partial charge is 0.372 e. The maximum absolute atomic E-state index is 13.1. The summed E-state index contributed by atoms with van der Waals surface area (Å²) in [6, 6.07) is 8.28. The summed E-state index contributed by atoms with van der Waals surface area (Å²) in [6.07, 6.45) is 1.29. The number of anilines is 2. The highest BCUT2D eigenvalue weighted by Gasteiger charge is 2.42. The van der Waals surface area contributed by atoms with Crippen LogP contribution in [0.1, 0.15) is 57.6 Å². The number of nitrogens with one attached hydrogen (secondary N) is 3. The Bertz CT molecular complexity index is 990. The van der Waals surface area contributed by atoms with Crippen LogP contribution in [-0.2, 0) is 4.79 Å². The molecule has 3 N–H and O–H groups in total. The Labute approximate surface area is 165 Å². The van der Waals surface area contributed by atoms with Crippen LogP contribution in [0.5, 0.6) is 0 Å². The third kappa shape index (κ3) is 2.97. The summed E-state index contributed by atoms with van der Waals surface area (Å²) < 4.78 is 0. The van der Waals surface area contributed by atoms with E-state index in [0.717, 1.165) is 42.0 Å². The Kier molecular flexibility index (Phi) is 4.44. The highest BCUT2D eigenvalue weighted by atomic mass is 16.1. The maximum Gasteiger partial charge on any atom is 0.270 e. The minimum absolute atomic E-state index is 0.0891. The molecule has 4 rings (SSSR count). The van der Waals surface area contributed by atoms with Crippen molar-refractivity contribution in [2.24, 2.45) is 5.41 Å². The molecular weight excluding hydrogens is 352 g/mol. The number of aromatic nitrogens is 2. The highest BCUT2D eigenvalue weighted by Crippen LogP contribution is 2.47. The predicted octanol–water partition coefficient (Wildman–Crippen LogP) is 3.75. The molecule has 148 valence electrons. The number of Topliss-reactive ketones (excluding diaryl/α,β-unsaturated/α-hetero) is 1. The zero-order chi connectivity index (χ0) is 20.1. The molecule has 0 saturated carbocycles. The summed E-state index contributed by atoms with van der Waals surface area (Å²) in [5.41, 5.74) is 4.13. The van der Waals surface area contributed by atoms with Crippen molar-refractivity contribution in [3.8, 4) is 0 Å². The van der Waals surface area contributed by atoms with Gasteiger partial charge in [0, 0.05) is 42.4 Å². The number of carbonyl (C=O) groups is 1. The van der Waals surface area contributed by atoms with E-state index in [2.05, 4.69) is 72.4 Å².